The smallest absolute Gasteiger partial charge is 0.125 e. The Morgan fingerprint density at radius 2 is 2.15 bits per heavy atom. The van der Waals surface area contributed by atoms with Crippen molar-refractivity contribution in [3.05, 3.63) is 34.4 Å². The van der Waals surface area contributed by atoms with Gasteiger partial charge < -0.3 is 10.2 Å². The van der Waals surface area contributed by atoms with E-state index in [1.54, 1.807) is 31.2 Å². The van der Waals surface area contributed by atoms with E-state index in [1.165, 1.54) is 0 Å². The van der Waals surface area contributed by atoms with Gasteiger partial charge in [-0.1, -0.05) is 23.8 Å². The van der Waals surface area contributed by atoms with Crippen molar-refractivity contribution in [1.82, 2.24) is 0 Å². The van der Waals surface area contributed by atoms with Gasteiger partial charge in [-0.05, 0) is 24.6 Å². The molecule has 0 unspecified atom stereocenters. The summed E-state index contributed by atoms with van der Waals surface area (Å²) in [4.78, 5) is 0. The molecule has 0 aliphatic heterocycles. The van der Waals surface area contributed by atoms with Crippen molar-refractivity contribution in [1.29, 1.82) is 0 Å². The summed E-state index contributed by atoms with van der Waals surface area (Å²) < 4.78 is 0. The predicted molar refractivity (Wildman–Crippen MR) is 54.0 cm³/mol. The summed E-state index contributed by atoms with van der Waals surface area (Å²) in [5.41, 5.74) is 1.35. The Labute approximate surface area is 82.1 Å². The summed E-state index contributed by atoms with van der Waals surface area (Å²) in [6, 6.07) is 3.34. The van der Waals surface area contributed by atoms with Crippen molar-refractivity contribution in [2.24, 2.45) is 0 Å². The normalized spacial score (nSPS) is 11.0. The molecule has 0 heterocycles. The molecule has 0 aromatic heterocycles. The molecule has 0 spiro atoms. The lowest BCUT2D eigenvalue weighted by Gasteiger charge is -2.03. The summed E-state index contributed by atoms with van der Waals surface area (Å²) >= 11 is 5.79. The average Bonchev–Trinajstić information content (AvgIpc) is 2.09. The van der Waals surface area contributed by atoms with Gasteiger partial charge in [0.05, 0.1) is 6.61 Å². The maximum Gasteiger partial charge on any atom is 0.125 e. The number of halogens is 1. The van der Waals surface area contributed by atoms with Gasteiger partial charge in [0, 0.05) is 10.6 Å². The van der Waals surface area contributed by atoms with Crippen LogP contribution in [0, 0.1) is 6.92 Å². The molecule has 1 rings (SSSR count). The van der Waals surface area contributed by atoms with E-state index in [0.717, 1.165) is 5.56 Å². The Balaban J connectivity index is 3.12. The molecular weight excluding hydrogens is 188 g/mol. The first kappa shape index (κ1) is 10.1. The largest absolute Gasteiger partial charge is 0.507 e. The van der Waals surface area contributed by atoms with Gasteiger partial charge >= 0.3 is 0 Å². The zero-order valence-corrected chi connectivity index (χ0v) is 8.04. The Kier molecular flexibility index (Phi) is 3.34. The van der Waals surface area contributed by atoms with E-state index in [1.807, 2.05) is 0 Å². The van der Waals surface area contributed by atoms with E-state index in [0.29, 0.717) is 10.6 Å². The second-order valence-corrected chi connectivity index (χ2v) is 3.18. The highest BCUT2D eigenvalue weighted by molar-refractivity contribution is 6.30. The molecule has 2 nitrogen and oxygen atoms in total. The fourth-order valence-electron chi connectivity index (χ4n) is 1.07. The van der Waals surface area contributed by atoms with Crippen LogP contribution in [-0.4, -0.2) is 16.8 Å². The van der Waals surface area contributed by atoms with Crippen LogP contribution in [0.4, 0.5) is 0 Å². The highest BCUT2D eigenvalue weighted by Crippen LogP contribution is 2.27. The molecule has 0 amide bonds. The molecule has 0 bridgehead atoms. The molecular formula is C10H11ClO2. The third-order valence-electron chi connectivity index (χ3n) is 1.70. The minimum atomic E-state index is -0.0506. The van der Waals surface area contributed by atoms with Crippen LogP contribution in [0.25, 0.3) is 6.08 Å². The number of rotatable bonds is 2. The van der Waals surface area contributed by atoms with Crippen LogP contribution in [0.15, 0.2) is 18.2 Å². The second kappa shape index (κ2) is 4.30. The van der Waals surface area contributed by atoms with Crippen LogP contribution in [-0.2, 0) is 0 Å². The summed E-state index contributed by atoms with van der Waals surface area (Å²) in [6.45, 7) is 1.72. The minimum absolute atomic E-state index is 0.0506. The number of hydrogen-bond acceptors (Lipinski definition) is 2. The summed E-state index contributed by atoms with van der Waals surface area (Å²) in [5, 5.41) is 18.7. The lowest BCUT2D eigenvalue weighted by Crippen LogP contribution is -1.81. The number of aryl methyl sites for hydroxylation is 1. The molecule has 70 valence electrons. The number of aliphatic hydroxyl groups excluding tert-OH is 1. The second-order valence-electron chi connectivity index (χ2n) is 2.75. The molecule has 2 N–H and O–H groups in total. The van der Waals surface area contributed by atoms with E-state index in [-0.39, 0.29) is 12.4 Å². The number of phenolic OH excluding ortho intramolecular Hbond substituents is 1. The molecule has 0 aliphatic rings. The number of hydrogen-bond donors (Lipinski definition) is 2. The van der Waals surface area contributed by atoms with Crippen LogP contribution < -0.4 is 0 Å². The fraction of sp³-hybridized carbons (Fsp3) is 0.200. The van der Waals surface area contributed by atoms with Gasteiger partial charge in [0.2, 0.25) is 0 Å². The van der Waals surface area contributed by atoms with Gasteiger partial charge in [-0.2, -0.15) is 0 Å². The van der Waals surface area contributed by atoms with Crippen molar-refractivity contribution in [3.8, 4) is 5.75 Å². The van der Waals surface area contributed by atoms with Crippen LogP contribution in [0.1, 0.15) is 11.1 Å². The third kappa shape index (κ3) is 2.47. The Morgan fingerprint density at radius 3 is 2.77 bits per heavy atom. The van der Waals surface area contributed by atoms with Crippen LogP contribution in [0.5, 0.6) is 5.75 Å². The SMILES string of the molecule is Cc1cc(Cl)cc(C=CCO)c1O. The topological polar surface area (TPSA) is 40.5 Å². The predicted octanol–water partition coefficient (Wildman–Crippen LogP) is 2.36. The standard InChI is InChI=1S/C10H11ClO2/c1-7-5-9(11)6-8(10(7)13)3-2-4-12/h2-3,5-6,12-13H,4H2,1H3. The van der Waals surface area contributed by atoms with Gasteiger partial charge in [-0.3, -0.25) is 0 Å². The summed E-state index contributed by atoms with van der Waals surface area (Å²) in [7, 11) is 0. The molecule has 1 aromatic carbocycles. The first-order valence-electron chi connectivity index (χ1n) is 3.91. The highest BCUT2D eigenvalue weighted by Gasteiger charge is 2.02. The molecule has 0 radical (unpaired) electrons. The van der Waals surface area contributed by atoms with Gasteiger partial charge in [-0.25, -0.2) is 0 Å². The van der Waals surface area contributed by atoms with E-state index in [4.69, 9.17) is 16.7 Å². The average molecular weight is 199 g/mol. The van der Waals surface area contributed by atoms with Crippen molar-refractivity contribution in [2.45, 2.75) is 6.92 Å². The summed E-state index contributed by atoms with van der Waals surface area (Å²) in [5.74, 6) is 0.203. The van der Waals surface area contributed by atoms with E-state index in [9.17, 15) is 5.11 Å². The lowest BCUT2D eigenvalue weighted by atomic mass is 10.1. The van der Waals surface area contributed by atoms with Gasteiger partial charge in [0.25, 0.3) is 0 Å². The first-order chi connectivity index (χ1) is 6.15. The summed E-state index contributed by atoms with van der Waals surface area (Å²) in [6.07, 6.45) is 3.18. The van der Waals surface area contributed by atoms with Crippen molar-refractivity contribution < 1.29 is 10.2 Å². The number of phenols is 1. The Bertz CT molecular complexity index is 332. The van der Waals surface area contributed by atoms with Crippen LogP contribution in [0.2, 0.25) is 5.02 Å². The molecule has 0 saturated heterocycles. The Morgan fingerprint density at radius 1 is 1.46 bits per heavy atom. The fourth-order valence-corrected chi connectivity index (χ4v) is 1.35. The lowest BCUT2D eigenvalue weighted by molar-refractivity contribution is 0.343. The highest BCUT2D eigenvalue weighted by atomic mass is 35.5. The number of benzene rings is 1. The zero-order valence-electron chi connectivity index (χ0n) is 7.29. The molecule has 3 heteroatoms. The van der Waals surface area contributed by atoms with Crippen molar-refractivity contribution >= 4 is 17.7 Å². The van der Waals surface area contributed by atoms with E-state index >= 15 is 0 Å². The van der Waals surface area contributed by atoms with Crippen molar-refractivity contribution in [2.75, 3.05) is 6.61 Å². The number of aliphatic hydroxyl groups is 1. The molecule has 0 atom stereocenters. The number of aromatic hydroxyl groups is 1. The van der Waals surface area contributed by atoms with Gasteiger partial charge in [0.1, 0.15) is 5.75 Å². The van der Waals surface area contributed by atoms with Crippen LogP contribution in [0.3, 0.4) is 0 Å². The molecule has 0 aliphatic carbocycles. The van der Waals surface area contributed by atoms with Gasteiger partial charge in [0.15, 0.2) is 0 Å². The monoisotopic (exact) mass is 198 g/mol. The van der Waals surface area contributed by atoms with Gasteiger partial charge in [-0.15, -0.1) is 0 Å². The Hall–Kier alpha value is -0.990. The molecule has 0 fully saturated rings. The van der Waals surface area contributed by atoms with Crippen LogP contribution >= 0.6 is 11.6 Å². The molecule has 13 heavy (non-hydrogen) atoms. The van der Waals surface area contributed by atoms with E-state index < -0.39 is 0 Å². The van der Waals surface area contributed by atoms with Crippen molar-refractivity contribution in [3.63, 3.8) is 0 Å². The maximum absolute atomic E-state index is 9.56. The third-order valence-corrected chi connectivity index (χ3v) is 1.92. The quantitative estimate of drug-likeness (QED) is 0.766. The zero-order chi connectivity index (χ0) is 9.84. The molecule has 0 saturated carbocycles. The first-order valence-corrected chi connectivity index (χ1v) is 4.29. The maximum atomic E-state index is 9.56. The molecule has 1 aromatic rings. The van der Waals surface area contributed by atoms with E-state index in [2.05, 4.69) is 0 Å². The minimum Gasteiger partial charge on any atom is -0.507 e.